The van der Waals surface area contributed by atoms with Crippen molar-refractivity contribution in [2.75, 3.05) is 39.1 Å². The van der Waals surface area contributed by atoms with Crippen molar-refractivity contribution >= 4 is 29.0 Å². The van der Waals surface area contributed by atoms with Crippen LogP contribution in [0.5, 0.6) is 5.75 Å². The van der Waals surface area contributed by atoms with E-state index in [1.165, 1.54) is 9.80 Å². The van der Waals surface area contributed by atoms with Gasteiger partial charge < -0.3 is 24.5 Å². The fourth-order valence-corrected chi connectivity index (χ4v) is 5.53. The van der Waals surface area contributed by atoms with Gasteiger partial charge in [0.15, 0.2) is 5.54 Å². The minimum atomic E-state index is -1.71. The number of carbonyl (C=O) groups is 3. The Morgan fingerprint density at radius 2 is 1.91 bits per heavy atom. The molecule has 2 amide bonds. The second-order valence-electron chi connectivity index (χ2n) is 9.71. The summed E-state index contributed by atoms with van der Waals surface area (Å²) >= 11 is 0. The van der Waals surface area contributed by atoms with E-state index in [2.05, 4.69) is 0 Å². The summed E-state index contributed by atoms with van der Waals surface area (Å²) in [5.41, 5.74) is 0.535. The lowest BCUT2D eigenvalue weighted by molar-refractivity contribution is -0.143. The molecule has 0 aromatic heterocycles. The number of hydrogen-bond acceptors (Lipinski definition) is 6. The Bertz CT molecular complexity index is 1280. The molecule has 3 aliphatic heterocycles. The molecule has 5 rings (SSSR count). The summed E-state index contributed by atoms with van der Waals surface area (Å²) in [5.74, 6) is -1.67. The van der Waals surface area contributed by atoms with E-state index in [-0.39, 0.29) is 24.0 Å². The number of ether oxygens (including phenoxy) is 1. The van der Waals surface area contributed by atoms with Gasteiger partial charge in [0.2, 0.25) is 0 Å². The van der Waals surface area contributed by atoms with Crippen molar-refractivity contribution < 1.29 is 24.2 Å². The molecule has 8 nitrogen and oxygen atoms in total. The van der Waals surface area contributed by atoms with E-state index in [0.29, 0.717) is 36.2 Å². The lowest BCUT2D eigenvalue weighted by atomic mass is 9.81. The molecule has 3 heterocycles. The number of hydrogen-bond donors (Lipinski definition) is 1. The van der Waals surface area contributed by atoms with Crippen molar-refractivity contribution in [1.82, 2.24) is 9.80 Å². The molecule has 35 heavy (non-hydrogen) atoms. The molecule has 1 fully saturated rings. The topological polar surface area (TPSA) is 90.4 Å². The Balaban J connectivity index is 1.73. The molecule has 1 saturated heterocycles. The van der Waals surface area contributed by atoms with E-state index in [9.17, 15) is 19.5 Å². The van der Waals surface area contributed by atoms with E-state index in [4.69, 9.17) is 4.74 Å². The number of para-hydroxylation sites is 1. The first-order valence-corrected chi connectivity index (χ1v) is 11.8. The quantitative estimate of drug-likeness (QED) is 0.406. The number of aliphatic hydroxyl groups is 1. The summed E-state index contributed by atoms with van der Waals surface area (Å²) in [6, 6.07) is 12.3. The third-order valence-electron chi connectivity index (χ3n) is 7.10. The highest BCUT2D eigenvalue weighted by atomic mass is 16.5. The van der Waals surface area contributed by atoms with Gasteiger partial charge in [-0.05, 0) is 63.8 Å². The first-order chi connectivity index (χ1) is 16.7. The van der Waals surface area contributed by atoms with Gasteiger partial charge in [-0.2, -0.15) is 0 Å². The van der Waals surface area contributed by atoms with E-state index in [1.807, 2.05) is 32.0 Å². The lowest BCUT2D eigenvalue weighted by Crippen LogP contribution is -2.51. The number of fused-ring (bicyclic) bond motifs is 3. The van der Waals surface area contributed by atoms with Gasteiger partial charge >= 0.3 is 0 Å². The van der Waals surface area contributed by atoms with Crippen LogP contribution in [0, 0.1) is 0 Å². The van der Waals surface area contributed by atoms with Gasteiger partial charge in [0.1, 0.15) is 17.6 Å². The van der Waals surface area contributed by atoms with Gasteiger partial charge in [0.25, 0.3) is 17.6 Å². The summed E-state index contributed by atoms with van der Waals surface area (Å²) in [4.78, 5) is 45.7. The van der Waals surface area contributed by atoms with Gasteiger partial charge in [0, 0.05) is 36.8 Å². The van der Waals surface area contributed by atoms with E-state index < -0.39 is 23.1 Å². The van der Waals surface area contributed by atoms with Crippen LogP contribution < -0.4 is 9.64 Å². The third-order valence-corrected chi connectivity index (χ3v) is 7.10. The number of ketones is 1. The number of Topliss-reactive ketones (excluding diaryl/α,β-unsaturated/α-hetero) is 1. The van der Waals surface area contributed by atoms with Gasteiger partial charge in [-0.3, -0.25) is 14.4 Å². The fraction of sp³-hybridized carbons (Fsp3) is 0.370. The van der Waals surface area contributed by atoms with Crippen molar-refractivity contribution in [3.8, 4) is 5.75 Å². The van der Waals surface area contributed by atoms with Crippen molar-refractivity contribution in [2.24, 2.45) is 0 Å². The van der Waals surface area contributed by atoms with E-state index in [0.717, 1.165) is 11.3 Å². The number of carbonyl (C=O) groups excluding carboxylic acids is 3. The molecule has 0 aliphatic carbocycles. The first-order valence-electron chi connectivity index (χ1n) is 11.8. The Morgan fingerprint density at radius 1 is 1.17 bits per heavy atom. The maximum absolute atomic E-state index is 14.0. The average Bonchev–Trinajstić information content (AvgIpc) is 3.39. The summed E-state index contributed by atoms with van der Waals surface area (Å²) in [6.07, 6.45) is 1.25. The van der Waals surface area contributed by atoms with Gasteiger partial charge in [-0.25, -0.2) is 0 Å². The highest BCUT2D eigenvalue weighted by Crippen LogP contribution is 2.53. The first kappa shape index (κ1) is 23.1. The monoisotopic (exact) mass is 475 g/mol. The second-order valence-corrected chi connectivity index (χ2v) is 9.71. The number of aliphatic hydroxyl groups excluding tert-OH is 1. The predicted molar refractivity (Wildman–Crippen MR) is 131 cm³/mol. The summed E-state index contributed by atoms with van der Waals surface area (Å²) in [5, 5.41) is 11.6. The summed E-state index contributed by atoms with van der Waals surface area (Å²) in [7, 11) is 5.47. The maximum Gasteiger partial charge on any atom is 0.296 e. The second kappa shape index (κ2) is 8.23. The molecule has 2 aromatic rings. The van der Waals surface area contributed by atoms with Crippen LogP contribution in [0.4, 0.5) is 5.69 Å². The van der Waals surface area contributed by atoms with E-state index in [1.54, 1.807) is 43.4 Å². The van der Waals surface area contributed by atoms with Crippen LogP contribution in [-0.4, -0.2) is 72.8 Å². The van der Waals surface area contributed by atoms with Crippen LogP contribution in [0.25, 0.3) is 5.76 Å². The van der Waals surface area contributed by atoms with Crippen LogP contribution in [-0.2, 0) is 26.3 Å². The average molecular weight is 476 g/mol. The zero-order valence-electron chi connectivity index (χ0n) is 20.4. The molecule has 182 valence electrons. The summed E-state index contributed by atoms with van der Waals surface area (Å²) < 4.78 is 5.76. The Morgan fingerprint density at radius 3 is 2.66 bits per heavy atom. The van der Waals surface area contributed by atoms with Crippen LogP contribution in [0.2, 0.25) is 0 Å². The number of nitrogens with zero attached hydrogens (tertiary/aromatic N) is 3. The molecule has 2 atom stereocenters. The number of likely N-dealkylation sites (tertiary alicyclic amines) is 1. The van der Waals surface area contributed by atoms with Crippen molar-refractivity contribution in [3.63, 3.8) is 0 Å². The Kier molecular flexibility index (Phi) is 5.44. The SMILES string of the molecule is CC1Cc2cc(/C(O)=C3/C(=O)C(=O)N(CCCN(C)C)C34C(=O)N(C)c3ccccc34)ccc2O1. The number of likely N-dealkylation sites (N-methyl/N-ethyl adjacent to an activating group) is 1. The Hall–Kier alpha value is -3.65. The van der Waals surface area contributed by atoms with Gasteiger partial charge in [-0.1, -0.05) is 18.2 Å². The molecule has 2 unspecified atom stereocenters. The van der Waals surface area contributed by atoms with E-state index >= 15 is 0 Å². The number of anilines is 1. The highest BCUT2D eigenvalue weighted by Gasteiger charge is 2.66. The lowest BCUT2D eigenvalue weighted by Gasteiger charge is -2.34. The summed E-state index contributed by atoms with van der Waals surface area (Å²) in [6.45, 7) is 2.83. The minimum absolute atomic E-state index is 0.0141. The number of amides is 2. The maximum atomic E-state index is 14.0. The van der Waals surface area contributed by atoms with Crippen LogP contribution in [0.15, 0.2) is 48.0 Å². The molecule has 0 radical (unpaired) electrons. The standard InChI is InChI=1S/C27H29N3O5/c1-16-14-18-15-17(10-11-21(18)35-16)23(31)22-24(32)25(33)30(13-7-12-28(2)3)27(22)19-8-5-6-9-20(19)29(4)26(27)34/h5-6,8-11,15-16,31H,7,12-14H2,1-4H3/b23-22+. The molecule has 0 bridgehead atoms. The Labute approximate surface area is 204 Å². The van der Waals surface area contributed by atoms with Crippen molar-refractivity contribution in [1.29, 1.82) is 0 Å². The smallest absolute Gasteiger partial charge is 0.296 e. The van der Waals surface area contributed by atoms with Gasteiger partial charge in [0.05, 0.1) is 5.57 Å². The fourth-order valence-electron chi connectivity index (χ4n) is 5.53. The highest BCUT2D eigenvalue weighted by molar-refractivity contribution is 6.50. The molecule has 2 aromatic carbocycles. The van der Waals surface area contributed by atoms with Crippen molar-refractivity contribution in [3.05, 3.63) is 64.7 Å². The van der Waals surface area contributed by atoms with Crippen LogP contribution in [0.1, 0.15) is 30.0 Å². The normalized spacial score (nSPS) is 24.5. The molecular weight excluding hydrogens is 446 g/mol. The third kappa shape index (κ3) is 3.27. The van der Waals surface area contributed by atoms with Crippen molar-refractivity contribution in [2.45, 2.75) is 31.4 Å². The molecule has 0 saturated carbocycles. The molecule has 1 N–H and O–H groups in total. The van der Waals surface area contributed by atoms with Crippen LogP contribution >= 0.6 is 0 Å². The number of rotatable bonds is 5. The van der Waals surface area contributed by atoms with Crippen LogP contribution in [0.3, 0.4) is 0 Å². The molecular formula is C27H29N3O5. The minimum Gasteiger partial charge on any atom is -0.507 e. The largest absolute Gasteiger partial charge is 0.507 e. The molecule has 3 aliphatic rings. The zero-order chi connectivity index (χ0) is 25.1. The zero-order valence-corrected chi connectivity index (χ0v) is 20.4. The predicted octanol–water partition coefficient (Wildman–Crippen LogP) is 2.51. The molecule has 1 spiro atoms. The number of benzene rings is 2. The van der Waals surface area contributed by atoms with Gasteiger partial charge in [-0.15, -0.1) is 0 Å². The molecule has 8 heteroatoms.